The fourth-order valence-electron chi connectivity index (χ4n) is 3.64. The molecule has 156 valence electrons. The number of carbonyl (C=O) groups is 1. The molecule has 0 saturated carbocycles. The third kappa shape index (κ3) is 4.96. The smallest absolute Gasteiger partial charge is 0.369 e. The van der Waals surface area contributed by atoms with Crippen molar-refractivity contribution in [2.75, 3.05) is 42.6 Å². The van der Waals surface area contributed by atoms with Gasteiger partial charge in [0.25, 0.3) is 0 Å². The first kappa shape index (κ1) is 20.9. The Morgan fingerprint density at radius 1 is 1.21 bits per heavy atom. The van der Waals surface area contributed by atoms with Crippen molar-refractivity contribution in [1.82, 2.24) is 10.2 Å². The zero-order valence-electron chi connectivity index (χ0n) is 15.6. The standard InChI is InChI=1S/C18H24F3N3O3S/c1-13(17(25)22-15-5-10-28(26,27)12-15)23-6-8-24(9-7-23)16-4-2-3-14(11-16)18(19,20)21/h2-4,11,13,15H,5-10,12H2,1H3,(H,22,25)/t13-,15+/m0/s1. The molecule has 0 aromatic heterocycles. The Morgan fingerprint density at radius 3 is 2.46 bits per heavy atom. The van der Waals surface area contributed by atoms with E-state index in [0.717, 1.165) is 12.1 Å². The van der Waals surface area contributed by atoms with E-state index in [4.69, 9.17) is 0 Å². The van der Waals surface area contributed by atoms with E-state index < -0.39 is 27.6 Å². The van der Waals surface area contributed by atoms with Crippen LogP contribution in [-0.4, -0.2) is 69.0 Å². The molecule has 1 amide bonds. The fraction of sp³-hybridized carbons (Fsp3) is 0.611. The summed E-state index contributed by atoms with van der Waals surface area (Å²) in [5, 5.41) is 2.80. The van der Waals surface area contributed by atoms with Crippen LogP contribution in [0.25, 0.3) is 0 Å². The number of benzene rings is 1. The SMILES string of the molecule is C[C@@H](C(=O)N[C@@H]1CCS(=O)(=O)C1)N1CCN(c2cccc(C(F)(F)F)c2)CC1. The molecular weight excluding hydrogens is 395 g/mol. The third-order valence-corrected chi connectivity index (χ3v) is 7.13. The molecule has 0 radical (unpaired) electrons. The monoisotopic (exact) mass is 419 g/mol. The van der Waals surface area contributed by atoms with Crippen molar-refractivity contribution in [2.45, 2.75) is 31.6 Å². The summed E-state index contributed by atoms with van der Waals surface area (Å²) in [6.07, 6.45) is -3.94. The van der Waals surface area contributed by atoms with Gasteiger partial charge in [-0.1, -0.05) is 6.07 Å². The van der Waals surface area contributed by atoms with Crippen LogP contribution in [0.15, 0.2) is 24.3 Å². The van der Waals surface area contributed by atoms with Gasteiger partial charge in [-0.3, -0.25) is 9.69 Å². The summed E-state index contributed by atoms with van der Waals surface area (Å²) in [5.74, 6) is -0.133. The van der Waals surface area contributed by atoms with Gasteiger partial charge in [0, 0.05) is 37.9 Å². The highest BCUT2D eigenvalue weighted by Gasteiger charge is 2.33. The highest BCUT2D eigenvalue weighted by molar-refractivity contribution is 7.91. The van der Waals surface area contributed by atoms with Crippen molar-refractivity contribution in [3.8, 4) is 0 Å². The number of hydrogen-bond donors (Lipinski definition) is 1. The highest BCUT2D eigenvalue weighted by Crippen LogP contribution is 2.32. The number of anilines is 1. The van der Waals surface area contributed by atoms with Gasteiger partial charge in [0.15, 0.2) is 9.84 Å². The van der Waals surface area contributed by atoms with Gasteiger partial charge in [0.2, 0.25) is 5.91 Å². The van der Waals surface area contributed by atoms with Crippen molar-refractivity contribution in [1.29, 1.82) is 0 Å². The maximum Gasteiger partial charge on any atom is 0.416 e. The molecule has 1 N–H and O–H groups in total. The van der Waals surface area contributed by atoms with E-state index in [1.165, 1.54) is 6.07 Å². The number of alkyl halides is 3. The van der Waals surface area contributed by atoms with Gasteiger partial charge in [-0.05, 0) is 31.5 Å². The third-order valence-electron chi connectivity index (χ3n) is 5.36. The predicted octanol–water partition coefficient (Wildman–Crippen LogP) is 1.52. The molecule has 28 heavy (non-hydrogen) atoms. The molecule has 3 rings (SSSR count). The van der Waals surface area contributed by atoms with Gasteiger partial charge in [-0.15, -0.1) is 0 Å². The largest absolute Gasteiger partial charge is 0.416 e. The van der Waals surface area contributed by atoms with Crippen molar-refractivity contribution in [3.63, 3.8) is 0 Å². The Morgan fingerprint density at radius 2 is 1.89 bits per heavy atom. The first-order chi connectivity index (χ1) is 13.0. The van der Waals surface area contributed by atoms with Crippen molar-refractivity contribution in [3.05, 3.63) is 29.8 Å². The lowest BCUT2D eigenvalue weighted by molar-refractivity contribution is -0.137. The molecule has 2 fully saturated rings. The maximum atomic E-state index is 12.9. The quantitative estimate of drug-likeness (QED) is 0.802. The van der Waals surface area contributed by atoms with Crippen LogP contribution in [0, 0.1) is 0 Å². The van der Waals surface area contributed by atoms with Crippen LogP contribution in [0.3, 0.4) is 0 Å². The zero-order chi connectivity index (χ0) is 20.5. The van der Waals surface area contributed by atoms with E-state index in [2.05, 4.69) is 5.32 Å². The average molecular weight is 419 g/mol. The summed E-state index contributed by atoms with van der Waals surface area (Å²) in [7, 11) is -3.06. The van der Waals surface area contributed by atoms with Crippen molar-refractivity contribution < 1.29 is 26.4 Å². The molecule has 6 nitrogen and oxygen atoms in total. The summed E-state index contributed by atoms with van der Waals surface area (Å²) in [6.45, 7) is 3.85. The molecule has 1 aromatic carbocycles. The second kappa shape index (κ2) is 7.90. The first-order valence-electron chi connectivity index (χ1n) is 9.22. The molecule has 2 aliphatic rings. The van der Waals surface area contributed by atoms with Crippen molar-refractivity contribution in [2.24, 2.45) is 0 Å². The Kier molecular flexibility index (Phi) is 5.90. The van der Waals surface area contributed by atoms with Crippen molar-refractivity contribution >= 4 is 21.4 Å². The zero-order valence-corrected chi connectivity index (χ0v) is 16.4. The molecule has 0 unspecified atom stereocenters. The Hall–Kier alpha value is -1.81. The highest BCUT2D eigenvalue weighted by atomic mass is 32.2. The van der Waals surface area contributed by atoms with Gasteiger partial charge in [0.05, 0.1) is 23.1 Å². The Balaban J connectivity index is 1.54. The topological polar surface area (TPSA) is 69.7 Å². The van der Waals surface area contributed by atoms with Gasteiger partial charge in [-0.2, -0.15) is 13.2 Å². The number of nitrogens with one attached hydrogen (secondary N) is 1. The minimum atomic E-state index is -4.38. The number of nitrogens with zero attached hydrogens (tertiary/aromatic N) is 2. The minimum Gasteiger partial charge on any atom is -0.369 e. The molecule has 2 aliphatic heterocycles. The molecule has 2 saturated heterocycles. The van der Waals surface area contributed by atoms with Gasteiger partial charge in [0.1, 0.15) is 0 Å². The van der Waals surface area contributed by atoms with E-state index in [-0.39, 0.29) is 23.5 Å². The van der Waals surface area contributed by atoms with Crippen LogP contribution in [-0.2, 0) is 20.8 Å². The molecule has 0 spiro atoms. The average Bonchev–Trinajstić information content (AvgIpc) is 2.99. The van der Waals surface area contributed by atoms with Crippen LogP contribution in [0.2, 0.25) is 0 Å². The molecule has 10 heteroatoms. The molecule has 2 heterocycles. The van der Waals surface area contributed by atoms with Gasteiger partial charge < -0.3 is 10.2 Å². The Bertz CT molecular complexity index is 821. The predicted molar refractivity (Wildman–Crippen MR) is 99.9 cm³/mol. The summed E-state index contributed by atoms with van der Waals surface area (Å²) in [5.41, 5.74) is -0.158. The number of carbonyl (C=O) groups excluding carboxylic acids is 1. The fourth-order valence-corrected chi connectivity index (χ4v) is 5.32. The lowest BCUT2D eigenvalue weighted by Crippen LogP contribution is -2.55. The number of sulfone groups is 1. The van der Waals surface area contributed by atoms with Crippen LogP contribution in [0.4, 0.5) is 18.9 Å². The lowest BCUT2D eigenvalue weighted by atomic mass is 10.1. The van der Waals surface area contributed by atoms with Gasteiger partial charge >= 0.3 is 6.18 Å². The second-order valence-electron chi connectivity index (χ2n) is 7.36. The molecule has 2 atom stereocenters. The summed E-state index contributed by atoms with van der Waals surface area (Å²) < 4.78 is 61.7. The maximum absolute atomic E-state index is 12.9. The summed E-state index contributed by atoms with van der Waals surface area (Å²) in [4.78, 5) is 16.3. The molecule has 1 aromatic rings. The van der Waals surface area contributed by atoms with Gasteiger partial charge in [-0.25, -0.2) is 8.42 Å². The minimum absolute atomic E-state index is 0.0191. The number of hydrogen-bond acceptors (Lipinski definition) is 5. The normalized spacial score (nSPS) is 24.1. The number of amides is 1. The van der Waals surface area contributed by atoms with E-state index >= 15 is 0 Å². The van der Waals surface area contributed by atoms with Crippen LogP contribution < -0.4 is 10.2 Å². The van der Waals surface area contributed by atoms with Crippen LogP contribution >= 0.6 is 0 Å². The molecule has 0 bridgehead atoms. The number of rotatable bonds is 4. The lowest BCUT2D eigenvalue weighted by Gasteiger charge is -2.38. The van der Waals surface area contributed by atoms with E-state index in [1.807, 2.05) is 9.80 Å². The van der Waals surface area contributed by atoms with Crippen LogP contribution in [0.1, 0.15) is 18.9 Å². The number of halogens is 3. The Labute approximate surface area is 162 Å². The van der Waals surface area contributed by atoms with E-state index in [1.54, 1.807) is 13.0 Å². The van der Waals surface area contributed by atoms with E-state index in [9.17, 15) is 26.4 Å². The van der Waals surface area contributed by atoms with Crippen LogP contribution in [0.5, 0.6) is 0 Å². The first-order valence-corrected chi connectivity index (χ1v) is 11.0. The second-order valence-corrected chi connectivity index (χ2v) is 9.58. The summed E-state index contributed by atoms with van der Waals surface area (Å²) >= 11 is 0. The summed E-state index contributed by atoms with van der Waals surface area (Å²) in [6, 6.07) is 4.48. The number of piperazine rings is 1. The van der Waals surface area contributed by atoms with E-state index in [0.29, 0.717) is 38.3 Å². The molecular formula is C18H24F3N3O3S. The molecule has 0 aliphatic carbocycles.